The fraction of sp³-hybridized carbons (Fsp3) is 0.125. The van der Waals surface area contributed by atoms with Crippen LogP contribution in [0.1, 0.15) is 33.1 Å². The molecule has 1 unspecified atom stereocenters. The summed E-state index contributed by atoms with van der Waals surface area (Å²) in [4.78, 5) is 26.8. The maximum Gasteiger partial charge on any atom is 0.280 e. The lowest BCUT2D eigenvalue weighted by molar-refractivity contribution is 0.100. The molecule has 7 nitrogen and oxygen atoms in total. The van der Waals surface area contributed by atoms with Crippen molar-refractivity contribution in [2.24, 2.45) is 21.6 Å². The molecule has 0 saturated heterocycles. The van der Waals surface area contributed by atoms with E-state index in [2.05, 4.69) is 10.2 Å². The van der Waals surface area contributed by atoms with Crippen molar-refractivity contribution < 1.29 is 9.90 Å². The Kier molecular flexibility index (Phi) is 3.63. The molecule has 2 aromatic rings. The van der Waals surface area contributed by atoms with E-state index in [-0.39, 0.29) is 18.1 Å². The van der Waals surface area contributed by atoms with Crippen molar-refractivity contribution in [3.63, 3.8) is 0 Å². The molecule has 1 aliphatic carbocycles. The van der Waals surface area contributed by atoms with Crippen LogP contribution in [0.2, 0.25) is 0 Å². The van der Waals surface area contributed by atoms with Crippen LogP contribution in [0.5, 0.6) is 0 Å². The van der Waals surface area contributed by atoms with Gasteiger partial charge in [0.15, 0.2) is 5.96 Å². The van der Waals surface area contributed by atoms with Crippen molar-refractivity contribution in [3.05, 3.63) is 63.6 Å². The molecule has 0 spiro atoms. The Labute approximate surface area is 131 Å². The molecule has 116 valence electrons. The van der Waals surface area contributed by atoms with Crippen LogP contribution in [0.15, 0.2) is 46.6 Å². The van der Waals surface area contributed by atoms with Gasteiger partial charge in [0.05, 0.1) is 6.61 Å². The standard InChI is InChI=1S/C16H14N4O3/c17-16(18)19-15(22)8-4-5-10-12(6-8)14(20-23)11-3-1-2-9(7-21)13(10)11/h1-6,14,21H,7H2,(H4,17,18,19,22). The number of aliphatic imine (C=N–C) groups is 1. The number of nitroso groups, excluding NO2 is 1. The third-order valence-electron chi connectivity index (χ3n) is 3.85. The van der Waals surface area contributed by atoms with E-state index in [9.17, 15) is 14.8 Å². The summed E-state index contributed by atoms with van der Waals surface area (Å²) in [6.45, 7) is -0.150. The van der Waals surface area contributed by atoms with Gasteiger partial charge in [0.1, 0.15) is 6.04 Å². The average molecular weight is 310 g/mol. The summed E-state index contributed by atoms with van der Waals surface area (Å²) in [5.74, 6) is -0.915. The molecule has 1 aliphatic rings. The minimum Gasteiger partial charge on any atom is -0.392 e. The molecular weight excluding hydrogens is 296 g/mol. The summed E-state index contributed by atoms with van der Waals surface area (Å²) in [5, 5.41) is 12.7. The fourth-order valence-electron chi connectivity index (χ4n) is 2.92. The Morgan fingerprint density at radius 2 is 1.96 bits per heavy atom. The van der Waals surface area contributed by atoms with Crippen LogP contribution >= 0.6 is 0 Å². The number of carbonyl (C=O) groups excluding carboxylic acids is 1. The van der Waals surface area contributed by atoms with Gasteiger partial charge in [-0.3, -0.25) is 4.79 Å². The lowest BCUT2D eigenvalue weighted by atomic mass is 9.99. The van der Waals surface area contributed by atoms with Gasteiger partial charge in [-0.1, -0.05) is 29.4 Å². The number of hydrogen-bond donors (Lipinski definition) is 3. The highest BCUT2D eigenvalue weighted by atomic mass is 16.3. The molecular formula is C16H14N4O3. The average Bonchev–Trinajstić information content (AvgIpc) is 2.86. The Hall–Kier alpha value is -3.06. The molecule has 0 bridgehead atoms. The number of hydrogen-bond acceptors (Lipinski definition) is 4. The summed E-state index contributed by atoms with van der Waals surface area (Å²) in [6.07, 6.45) is 0. The Bertz CT molecular complexity index is 841. The van der Waals surface area contributed by atoms with Crippen LogP contribution in [0, 0.1) is 4.91 Å². The lowest BCUT2D eigenvalue weighted by Gasteiger charge is -2.07. The zero-order valence-corrected chi connectivity index (χ0v) is 12.1. The van der Waals surface area contributed by atoms with Crippen LogP contribution < -0.4 is 11.5 Å². The predicted molar refractivity (Wildman–Crippen MR) is 85.6 cm³/mol. The SMILES string of the molecule is NC(N)=NC(=O)c1ccc2c(c1)C(N=O)c1cccc(CO)c1-2. The van der Waals surface area contributed by atoms with E-state index in [0.717, 1.165) is 11.1 Å². The van der Waals surface area contributed by atoms with E-state index in [1.807, 2.05) is 0 Å². The maximum absolute atomic E-state index is 11.9. The molecule has 0 saturated carbocycles. The highest BCUT2D eigenvalue weighted by Crippen LogP contribution is 2.47. The molecule has 3 rings (SSSR count). The molecule has 23 heavy (non-hydrogen) atoms. The quantitative estimate of drug-likeness (QED) is 0.448. The zero-order valence-electron chi connectivity index (χ0n) is 12.1. The molecule has 1 atom stereocenters. The molecule has 5 N–H and O–H groups in total. The number of amides is 1. The minimum absolute atomic E-state index is 0.150. The second kappa shape index (κ2) is 5.62. The molecule has 7 heteroatoms. The highest BCUT2D eigenvalue weighted by Gasteiger charge is 2.31. The van der Waals surface area contributed by atoms with Crippen LogP contribution in [0.3, 0.4) is 0 Å². The van der Waals surface area contributed by atoms with E-state index < -0.39 is 11.9 Å². The van der Waals surface area contributed by atoms with Gasteiger partial charge < -0.3 is 16.6 Å². The third kappa shape index (κ3) is 2.36. The molecule has 0 aliphatic heterocycles. The van der Waals surface area contributed by atoms with Crippen molar-refractivity contribution in [1.29, 1.82) is 0 Å². The maximum atomic E-state index is 11.9. The minimum atomic E-state index is -0.724. The van der Waals surface area contributed by atoms with Crippen LogP contribution in [0.25, 0.3) is 11.1 Å². The van der Waals surface area contributed by atoms with E-state index in [4.69, 9.17) is 11.5 Å². The topological polar surface area (TPSA) is 131 Å². The first-order valence-corrected chi connectivity index (χ1v) is 6.90. The van der Waals surface area contributed by atoms with Crippen molar-refractivity contribution in [3.8, 4) is 11.1 Å². The first-order valence-electron chi connectivity index (χ1n) is 6.90. The van der Waals surface area contributed by atoms with Gasteiger partial charge in [-0.2, -0.15) is 4.99 Å². The van der Waals surface area contributed by atoms with Crippen molar-refractivity contribution >= 4 is 11.9 Å². The number of guanidine groups is 1. The predicted octanol–water partition coefficient (Wildman–Crippen LogP) is 1.43. The summed E-state index contributed by atoms with van der Waals surface area (Å²) in [6, 6.07) is 9.48. The van der Waals surface area contributed by atoms with E-state index in [1.54, 1.807) is 36.4 Å². The monoisotopic (exact) mass is 310 g/mol. The second-order valence-corrected chi connectivity index (χ2v) is 5.19. The zero-order chi connectivity index (χ0) is 16.6. The highest BCUT2D eigenvalue weighted by molar-refractivity contribution is 6.02. The van der Waals surface area contributed by atoms with Crippen LogP contribution in [-0.4, -0.2) is 17.0 Å². The van der Waals surface area contributed by atoms with Gasteiger partial charge >= 0.3 is 0 Å². The number of carbonyl (C=O) groups is 1. The molecule has 0 fully saturated rings. The fourth-order valence-corrected chi connectivity index (χ4v) is 2.92. The van der Waals surface area contributed by atoms with Gasteiger partial charge in [-0.15, -0.1) is 4.91 Å². The van der Waals surface area contributed by atoms with Gasteiger partial charge in [-0.25, -0.2) is 0 Å². The number of aliphatic hydroxyl groups excluding tert-OH is 1. The molecule has 0 aromatic heterocycles. The number of aliphatic hydroxyl groups is 1. The van der Waals surface area contributed by atoms with Gasteiger partial charge in [0.2, 0.25) is 0 Å². The Morgan fingerprint density at radius 3 is 2.61 bits per heavy atom. The van der Waals surface area contributed by atoms with Crippen LogP contribution in [0.4, 0.5) is 0 Å². The third-order valence-corrected chi connectivity index (χ3v) is 3.85. The summed E-state index contributed by atoms with van der Waals surface area (Å²) < 4.78 is 0. The van der Waals surface area contributed by atoms with Crippen molar-refractivity contribution in [1.82, 2.24) is 0 Å². The lowest BCUT2D eigenvalue weighted by Crippen LogP contribution is -2.24. The molecule has 0 radical (unpaired) electrons. The molecule has 0 heterocycles. The molecule has 1 amide bonds. The number of nitrogens with zero attached hydrogens (tertiary/aromatic N) is 2. The number of nitrogens with two attached hydrogens (primary N) is 2. The Balaban J connectivity index is 2.18. The van der Waals surface area contributed by atoms with E-state index >= 15 is 0 Å². The second-order valence-electron chi connectivity index (χ2n) is 5.19. The van der Waals surface area contributed by atoms with Crippen LogP contribution in [-0.2, 0) is 6.61 Å². The van der Waals surface area contributed by atoms with Crippen molar-refractivity contribution in [2.75, 3.05) is 0 Å². The summed E-state index contributed by atoms with van der Waals surface area (Å²) in [5.41, 5.74) is 14.3. The van der Waals surface area contributed by atoms with Gasteiger partial charge in [0, 0.05) is 5.56 Å². The number of rotatable bonds is 3. The Morgan fingerprint density at radius 1 is 1.17 bits per heavy atom. The van der Waals surface area contributed by atoms with Gasteiger partial charge in [0.25, 0.3) is 5.91 Å². The summed E-state index contributed by atoms with van der Waals surface area (Å²) >= 11 is 0. The van der Waals surface area contributed by atoms with Gasteiger partial charge in [-0.05, 0) is 39.9 Å². The smallest absolute Gasteiger partial charge is 0.280 e. The first-order chi connectivity index (χ1) is 11.1. The number of fused-ring (bicyclic) bond motifs is 3. The molecule has 2 aromatic carbocycles. The summed E-state index contributed by atoms with van der Waals surface area (Å²) in [7, 11) is 0. The largest absolute Gasteiger partial charge is 0.392 e. The first kappa shape index (κ1) is 14.9. The van der Waals surface area contributed by atoms with E-state index in [0.29, 0.717) is 16.7 Å². The van der Waals surface area contributed by atoms with Crippen molar-refractivity contribution in [2.45, 2.75) is 12.6 Å². The number of benzene rings is 2. The normalized spacial score (nSPS) is 14.7. The van der Waals surface area contributed by atoms with E-state index in [1.165, 1.54) is 0 Å².